The molecule has 20 heavy (non-hydrogen) atoms. The summed E-state index contributed by atoms with van der Waals surface area (Å²) in [4.78, 5) is 20.1. The number of nitrogen functional groups attached to an aromatic ring is 2. The van der Waals surface area contributed by atoms with Crippen LogP contribution in [-0.2, 0) is 9.53 Å². The van der Waals surface area contributed by atoms with Crippen molar-refractivity contribution in [3.8, 4) is 0 Å². The molecule has 1 saturated heterocycles. The fourth-order valence-corrected chi connectivity index (χ4v) is 2.19. The van der Waals surface area contributed by atoms with Crippen LogP contribution in [-0.4, -0.2) is 55.2 Å². The van der Waals surface area contributed by atoms with Gasteiger partial charge in [-0.05, 0) is 13.0 Å². The van der Waals surface area contributed by atoms with Crippen LogP contribution >= 0.6 is 0 Å². The summed E-state index contributed by atoms with van der Waals surface area (Å²) < 4.78 is 5.30. The summed E-state index contributed by atoms with van der Waals surface area (Å²) in [5.41, 5.74) is 12.3. The lowest BCUT2D eigenvalue weighted by Crippen LogP contribution is -2.50. The number of hydrogen-bond donors (Lipinski definition) is 2. The number of carbonyl (C=O) groups excluding carboxylic acids is 1. The lowest BCUT2D eigenvalue weighted by atomic mass is 10.2. The van der Waals surface area contributed by atoms with Gasteiger partial charge in [-0.1, -0.05) is 0 Å². The Hall–Kier alpha value is -1.86. The van der Waals surface area contributed by atoms with E-state index >= 15 is 0 Å². The summed E-state index contributed by atoms with van der Waals surface area (Å²) in [6.07, 6.45) is 1.55. The Bertz CT molecular complexity index is 488. The molecule has 7 heteroatoms. The van der Waals surface area contributed by atoms with E-state index < -0.39 is 0 Å². The molecule has 2 heterocycles. The van der Waals surface area contributed by atoms with E-state index in [0.29, 0.717) is 24.6 Å². The van der Waals surface area contributed by atoms with E-state index in [2.05, 4.69) is 9.88 Å². The molecule has 0 bridgehead atoms. The van der Waals surface area contributed by atoms with Gasteiger partial charge >= 0.3 is 0 Å². The van der Waals surface area contributed by atoms with E-state index in [1.165, 1.54) is 0 Å². The molecule has 1 aromatic rings. The first-order valence-electron chi connectivity index (χ1n) is 6.61. The fraction of sp³-hybridized carbons (Fsp3) is 0.538. The molecule has 0 radical (unpaired) electrons. The summed E-state index contributed by atoms with van der Waals surface area (Å²) >= 11 is 0. The molecule has 7 nitrogen and oxygen atoms in total. The van der Waals surface area contributed by atoms with Crippen LogP contribution in [0.5, 0.6) is 0 Å². The van der Waals surface area contributed by atoms with Gasteiger partial charge < -0.3 is 21.1 Å². The van der Waals surface area contributed by atoms with E-state index in [0.717, 1.165) is 13.1 Å². The van der Waals surface area contributed by atoms with Gasteiger partial charge in [-0.15, -0.1) is 0 Å². The highest BCUT2D eigenvalue weighted by Crippen LogP contribution is 2.20. The second-order valence-electron chi connectivity index (χ2n) is 4.89. The second-order valence-corrected chi connectivity index (χ2v) is 4.89. The van der Waals surface area contributed by atoms with E-state index in [4.69, 9.17) is 16.2 Å². The first-order chi connectivity index (χ1) is 9.50. The van der Waals surface area contributed by atoms with Crippen LogP contribution in [0.25, 0.3) is 0 Å². The Morgan fingerprint density at radius 3 is 2.70 bits per heavy atom. The van der Waals surface area contributed by atoms with Crippen LogP contribution in [0.4, 0.5) is 17.2 Å². The molecule has 1 aliphatic heterocycles. The van der Waals surface area contributed by atoms with Crippen LogP contribution in [0.15, 0.2) is 12.3 Å². The molecule has 0 aliphatic carbocycles. The number of amides is 1. The van der Waals surface area contributed by atoms with Crippen molar-refractivity contribution in [2.45, 2.75) is 13.0 Å². The third-order valence-corrected chi connectivity index (χ3v) is 3.60. The highest BCUT2D eigenvalue weighted by molar-refractivity contribution is 5.96. The van der Waals surface area contributed by atoms with Gasteiger partial charge in [-0.25, -0.2) is 4.98 Å². The van der Waals surface area contributed by atoms with Gasteiger partial charge in [0.2, 0.25) is 5.91 Å². The van der Waals surface area contributed by atoms with Crippen LogP contribution in [0, 0.1) is 0 Å². The lowest BCUT2D eigenvalue weighted by Gasteiger charge is -2.33. The minimum atomic E-state index is -0.206. The standard InChI is InChI=1S/C13H21N5O2/c1-9(18-3-5-20-6-4-18)13(19)17(2)10-7-11(14)12(15)16-8-10/h7-9H,3-6,14H2,1-2H3,(H2,15,16)/t9-/m0/s1. The maximum absolute atomic E-state index is 12.5. The molecule has 2 rings (SSSR count). The second kappa shape index (κ2) is 6.06. The zero-order valence-electron chi connectivity index (χ0n) is 11.9. The minimum absolute atomic E-state index is 0.00197. The lowest BCUT2D eigenvalue weighted by molar-refractivity contribution is -0.124. The molecule has 1 fully saturated rings. The molecule has 1 aliphatic rings. The molecule has 4 N–H and O–H groups in total. The Morgan fingerprint density at radius 2 is 2.10 bits per heavy atom. The molecule has 0 spiro atoms. The fourth-order valence-electron chi connectivity index (χ4n) is 2.19. The third kappa shape index (κ3) is 3.00. The maximum Gasteiger partial charge on any atom is 0.243 e. The summed E-state index contributed by atoms with van der Waals surface area (Å²) in [5, 5.41) is 0. The number of morpholine rings is 1. The average molecular weight is 279 g/mol. The van der Waals surface area contributed by atoms with Gasteiger partial charge in [0.25, 0.3) is 0 Å². The first kappa shape index (κ1) is 14.5. The van der Waals surface area contributed by atoms with E-state index in [9.17, 15) is 4.79 Å². The van der Waals surface area contributed by atoms with Crippen LogP contribution in [0.1, 0.15) is 6.92 Å². The van der Waals surface area contributed by atoms with Gasteiger partial charge in [0, 0.05) is 20.1 Å². The normalized spacial score (nSPS) is 17.7. The Kier molecular flexibility index (Phi) is 4.41. The number of aromatic nitrogens is 1. The maximum atomic E-state index is 12.5. The smallest absolute Gasteiger partial charge is 0.243 e. The van der Waals surface area contributed by atoms with Gasteiger partial charge in [-0.3, -0.25) is 9.69 Å². The molecule has 0 aromatic carbocycles. The number of nitrogens with zero attached hydrogens (tertiary/aromatic N) is 3. The molecule has 0 saturated carbocycles. The Labute approximate surface area is 118 Å². The Morgan fingerprint density at radius 1 is 1.45 bits per heavy atom. The molecule has 1 atom stereocenters. The summed E-state index contributed by atoms with van der Waals surface area (Å²) in [5.74, 6) is 0.272. The van der Waals surface area contributed by atoms with Gasteiger partial charge in [0.1, 0.15) is 5.82 Å². The topological polar surface area (TPSA) is 97.7 Å². The first-order valence-corrected chi connectivity index (χ1v) is 6.61. The van der Waals surface area contributed by atoms with E-state index in [-0.39, 0.29) is 17.8 Å². The SMILES string of the molecule is C[C@@H](C(=O)N(C)c1cnc(N)c(N)c1)N1CCOCC1. The van der Waals surface area contributed by atoms with Crippen molar-refractivity contribution in [1.29, 1.82) is 0 Å². The zero-order chi connectivity index (χ0) is 14.7. The molecular formula is C13H21N5O2. The number of likely N-dealkylation sites (N-methyl/N-ethyl adjacent to an activating group) is 1. The van der Waals surface area contributed by atoms with Crippen molar-refractivity contribution >= 4 is 23.1 Å². The van der Waals surface area contributed by atoms with Crippen molar-refractivity contribution in [3.05, 3.63) is 12.3 Å². The highest BCUT2D eigenvalue weighted by atomic mass is 16.5. The number of pyridine rings is 1. The highest BCUT2D eigenvalue weighted by Gasteiger charge is 2.26. The number of nitrogens with two attached hydrogens (primary N) is 2. The monoisotopic (exact) mass is 279 g/mol. The van der Waals surface area contributed by atoms with Crippen LogP contribution < -0.4 is 16.4 Å². The van der Waals surface area contributed by atoms with Gasteiger partial charge in [0.05, 0.1) is 36.8 Å². The zero-order valence-corrected chi connectivity index (χ0v) is 11.9. The van der Waals surface area contributed by atoms with Crippen molar-refractivity contribution in [3.63, 3.8) is 0 Å². The Balaban J connectivity index is 2.08. The number of anilines is 3. The third-order valence-electron chi connectivity index (χ3n) is 3.60. The van der Waals surface area contributed by atoms with Crippen LogP contribution in [0.3, 0.4) is 0 Å². The van der Waals surface area contributed by atoms with Crippen molar-refractivity contribution in [2.24, 2.45) is 0 Å². The largest absolute Gasteiger partial charge is 0.396 e. The number of carbonyl (C=O) groups is 1. The minimum Gasteiger partial charge on any atom is -0.396 e. The molecule has 110 valence electrons. The van der Waals surface area contributed by atoms with E-state index in [1.807, 2.05) is 6.92 Å². The predicted octanol–water partition coefficient (Wildman–Crippen LogP) is -0.0705. The molecular weight excluding hydrogens is 258 g/mol. The number of rotatable bonds is 3. The van der Waals surface area contributed by atoms with Crippen LogP contribution in [0.2, 0.25) is 0 Å². The van der Waals surface area contributed by atoms with Crippen molar-refractivity contribution < 1.29 is 9.53 Å². The van der Waals surface area contributed by atoms with E-state index in [1.54, 1.807) is 24.2 Å². The molecule has 1 aromatic heterocycles. The van der Waals surface area contributed by atoms with Crippen molar-refractivity contribution in [2.75, 3.05) is 49.7 Å². The quantitative estimate of drug-likeness (QED) is 0.803. The van der Waals surface area contributed by atoms with Crippen molar-refractivity contribution in [1.82, 2.24) is 9.88 Å². The average Bonchev–Trinajstić information content (AvgIpc) is 2.48. The predicted molar refractivity (Wildman–Crippen MR) is 78.3 cm³/mol. The summed E-state index contributed by atoms with van der Waals surface area (Å²) in [7, 11) is 1.71. The molecule has 0 unspecified atom stereocenters. The number of hydrogen-bond acceptors (Lipinski definition) is 6. The van der Waals surface area contributed by atoms with Gasteiger partial charge in [-0.2, -0.15) is 0 Å². The molecule has 1 amide bonds. The van der Waals surface area contributed by atoms with Gasteiger partial charge in [0.15, 0.2) is 0 Å². The number of ether oxygens (including phenoxy) is 1. The summed E-state index contributed by atoms with van der Waals surface area (Å²) in [6, 6.07) is 1.45. The summed E-state index contributed by atoms with van der Waals surface area (Å²) in [6.45, 7) is 4.76.